The summed E-state index contributed by atoms with van der Waals surface area (Å²) in [6, 6.07) is 7.07. The summed E-state index contributed by atoms with van der Waals surface area (Å²) >= 11 is 0. The fourth-order valence-electron chi connectivity index (χ4n) is 2.68. The lowest BCUT2D eigenvalue weighted by Crippen LogP contribution is -2.35. The van der Waals surface area contributed by atoms with Gasteiger partial charge in [-0.3, -0.25) is 4.90 Å². The van der Waals surface area contributed by atoms with Crippen LogP contribution in [-0.4, -0.2) is 47.0 Å². The third-order valence-corrected chi connectivity index (χ3v) is 4.84. The first kappa shape index (κ1) is 17.2. The molecule has 0 unspecified atom stereocenters. The first-order valence-electron chi connectivity index (χ1n) is 7.14. The normalized spacial score (nSPS) is 17.7. The van der Waals surface area contributed by atoms with Crippen LogP contribution in [0.25, 0.3) is 0 Å². The van der Waals surface area contributed by atoms with Crippen molar-refractivity contribution in [1.82, 2.24) is 4.90 Å². The quantitative estimate of drug-likeness (QED) is 0.607. The lowest BCUT2D eigenvalue weighted by Gasteiger charge is -2.30. The van der Waals surface area contributed by atoms with Gasteiger partial charge in [0.25, 0.3) is 0 Å². The zero-order chi connectivity index (χ0) is 16.2. The van der Waals surface area contributed by atoms with Crippen molar-refractivity contribution in [3.63, 3.8) is 0 Å². The van der Waals surface area contributed by atoms with Crippen molar-refractivity contribution in [3.05, 3.63) is 29.8 Å². The summed E-state index contributed by atoms with van der Waals surface area (Å²) in [6.45, 7) is 1.62. The van der Waals surface area contributed by atoms with E-state index in [1.807, 2.05) is 17.0 Å². The van der Waals surface area contributed by atoms with Gasteiger partial charge in [-0.25, -0.2) is 8.42 Å². The Balaban J connectivity index is 1.85. The van der Waals surface area contributed by atoms with Crippen LogP contribution in [0.4, 0.5) is 0 Å². The molecule has 22 heavy (non-hydrogen) atoms. The SMILES string of the molecule is CS(=O)(=O)Oc1ccc(CC2CCN(C[SH](=O)=O)CC2)cc1. The molecule has 1 aliphatic rings. The minimum Gasteiger partial charge on any atom is -0.383 e. The fourth-order valence-corrected chi connectivity index (χ4v) is 3.75. The lowest BCUT2D eigenvalue weighted by atomic mass is 9.90. The Labute approximate surface area is 133 Å². The van der Waals surface area contributed by atoms with Crippen molar-refractivity contribution >= 4 is 20.8 Å². The Morgan fingerprint density at radius 3 is 2.27 bits per heavy atom. The summed E-state index contributed by atoms with van der Waals surface area (Å²) in [7, 11) is -5.83. The van der Waals surface area contributed by atoms with E-state index in [1.165, 1.54) is 0 Å². The molecule has 1 aromatic carbocycles. The van der Waals surface area contributed by atoms with Gasteiger partial charge in [-0.1, -0.05) is 12.1 Å². The molecule has 0 saturated carbocycles. The van der Waals surface area contributed by atoms with Crippen LogP contribution in [0, 0.1) is 5.92 Å². The van der Waals surface area contributed by atoms with E-state index in [0.29, 0.717) is 11.7 Å². The van der Waals surface area contributed by atoms with Crippen molar-refractivity contribution in [2.45, 2.75) is 19.3 Å². The van der Waals surface area contributed by atoms with E-state index < -0.39 is 20.8 Å². The second-order valence-corrected chi connectivity index (χ2v) is 8.19. The number of likely N-dealkylation sites (tertiary alicyclic amines) is 1. The summed E-state index contributed by atoms with van der Waals surface area (Å²) in [5.74, 6) is 1.00. The van der Waals surface area contributed by atoms with Crippen molar-refractivity contribution < 1.29 is 21.0 Å². The predicted octanol–water partition coefficient (Wildman–Crippen LogP) is 0.848. The Morgan fingerprint density at radius 2 is 1.77 bits per heavy atom. The third-order valence-electron chi connectivity index (χ3n) is 3.72. The highest BCUT2D eigenvalue weighted by Crippen LogP contribution is 2.23. The number of piperidine rings is 1. The number of hydrogen-bond donors (Lipinski definition) is 1. The van der Waals surface area contributed by atoms with Crippen LogP contribution in [0.2, 0.25) is 0 Å². The first-order chi connectivity index (χ1) is 10.3. The maximum atomic E-state index is 11.0. The topological polar surface area (TPSA) is 80.8 Å². The molecule has 0 bridgehead atoms. The average Bonchev–Trinajstić information content (AvgIpc) is 2.41. The Morgan fingerprint density at radius 1 is 1.18 bits per heavy atom. The van der Waals surface area contributed by atoms with Crippen LogP contribution in [0.5, 0.6) is 5.75 Å². The Kier molecular flexibility index (Phi) is 5.82. The van der Waals surface area contributed by atoms with E-state index in [9.17, 15) is 16.8 Å². The molecule has 1 aromatic rings. The van der Waals surface area contributed by atoms with Crippen molar-refractivity contribution in [2.24, 2.45) is 5.92 Å². The molecule has 0 aromatic heterocycles. The number of benzene rings is 1. The second-order valence-electron chi connectivity index (χ2n) is 5.67. The zero-order valence-electron chi connectivity index (χ0n) is 12.5. The molecular formula is C14H21NO5S2. The van der Waals surface area contributed by atoms with Crippen LogP contribution in [0.1, 0.15) is 18.4 Å². The molecule has 0 aliphatic carbocycles. The van der Waals surface area contributed by atoms with E-state index >= 15 is 0 Å². The summed E-state index contributed by atoms with van der Waals surface area (Å²) in [5, 5.41) is 0. The number of hydrogen-bond acceptors (Lipinski definition) is 6. The molecule has 6 nitrogen and oxygen atoms in total. The molecular weight excluding hydrogens is 326 g/mol. The molecule has 0 amide bonds. The summed E-state index contributed by atoms with van der Waals surface area (Å²) in [5.41, 5.74) is 1.13. The van der Waals surface area contributed by atoms with Crippen molar-refractivity contribution in [3.8, 4) is 5.75 Å². The maximum absolute atomic E-state index is 11.0. The van der Waals surface area contributed by atoms with Gasteiger partial charge in [0.1, 0.15) is 5.75 Å². The molecule has 2 rings (SSSR count). The van der Waals surface area contributed by atoms with Gasteiger partial charge in [-0.15, -0.1) is 0 Å². The van der Waals surface area contributed by atoms with Gasteiger partial charge in [-0.05, 0) is 56.0 Å². The minimum atomic E-state index is -3.49. The van der Waals surface area contributed by atoms with E-state index in [4.69, 9.17) is 4.18 Å². The molecule has 1 heterocycles. The van der Waals surface area contributed by atoms with E-state index in [2.05, 4.69) is 0 Å². The molecule has 0 radical (unpaired) electrons. The largest absolute Gasteiger partial charge is 0.383 e. The number of rotatable bonds is 6. The molecule has 0 spiro atoms. The zero-order valence-corrected chi connectivity index (χ0v) is 14.2. The van der Waals surface area contributed by atoms with Gasteiger partial charge in [0.2, 0.25) is 0 Å². The van der Waals surface area contributed by atoms with Crippen LogP contribution >= 0.6 is 0 Å². The highest BCUT2D eigenvalue weighted by Gasteiger charge is 2.19. The average molecular weight is 347 g/mol. The van der Waals surface area contributed by atoms with E-state index in [0.717, 1.165) is 44.2 Å². The smallest absolute Gasteiger partial charge is 0.306 e. The van der Waals surface area contributed by atoms with Crippen LogP contribution in [0.15, 0.2) is 24.3 Å². The maximum Gasteiger partial charge on any atom is 0.306 e. The summed E-state index contributed by atoms with van der Waals surface area (Å²) in [6.07, 6.45) is 3.89. The van der Waals surface area contributed by atoms with Gasteiger partial charge in [0.15, 0.2) is 10.7 Å². The molecule has 1 saturated heterocycles. The summed E-state index contributed by atoms with van der Waals surface area (Å²) < 4.78 is 48.3. The van der Waals surface area contributed by atoms with Gasteiger partial charge >= 0.3 is 10.1 Å². The monoisotopic (exact) mass is 347 g/mol. The Hall–Kier alpha value is -1.12. The second kappa shape index (κ2) is 7.43. The third kappa shape index (κ3) is 5.94. The molecule has 1 aliphatic heterocycles. The van der Waals surface area contributed by atoms with Crippen molar-refractivity contribution in [2.75, 3.05) is 25.2 Å². The Bertz CT molecular complexity index is 651. The first-order valence-corrected chi connectivity index (χ1v) is 10.3. The standard InChI is InChI=1S/C14H21NO5S2/c1-22(18,19)20-14-4-2-12(3-5-14)10-13-6-8-15(9-7-13)11-21(16)17/h2-5,13,21H,6-11H2,1H3. The number of nitrogens with zero attached hydrogens (tertiary/aromatic N) is 1. The minimum absolute atomic E-state index is 0.152. The van der Waals surface area contributed by atoms with Crippen LogP contribution in [0.3, 0.4) is 0 Å². The molecule has 8 heteroatoms. The summed E-state index contributed by atoms with van der Waals surface area (Å²) in [4.78, 5) is 1.96. The van der Waals surface area contributed by atoms with Gasteiger partial charge in [0.05, 0.1) is 12.1 Å². The van der Waals surface area contributed by atoms with Crippen LogP contribution in [-0.2, 0) is 27.2 Å². The predicted molar refractivity (Wildman–Crippen MR) is 85.1 cm³/mol. The lowest BCUT2D eigenvalue weighted by molar-refractivity contribution is 0.209. The molecule has 1 fully saturated rings. The van der Waals surface area contributed by atoms with Crippen molar-refractivity contribution in [1.29, 1.82) is 0 Å². The van der Waals surface area contributed by atoms with Gasteiger partial charge in [0, 0.05) is 0 Å². The van der Waals surface area contributed by atoms with E-state index in [-0.39, 0.29) is 5.88 Å². The highest BCUT2D eigenvalue weighted by molar-refractivity contribution is 7.86. The van der Waals surface area contributed by atoms with Gasteiger partial charge < -0.3 is 4.18 Å². The molecule has 0 atom stereocenters. The van der Waals surface area contributed by atoms with Crippen LogP contribution < -0.4 is 4.18 Å². The molecule has 0 N–H and O–H groups in total. The fraction of sp³-hybridized carbons (Fsp3) is 0.571. The van der Waals surface area contributed by atoms with Gasteiger partial charge in [-0.2, -0.15) is 8.42 Å². The number of thiol groups is 1. The highest BCUT2D eigenvalue weighted by atomic mass is 32.2. The van der Waals surface area contributed by atoms with E-state index in [1.54, 1.807) is 12.1 Å². The molecule has 124 valence electrons.